The van der Waals surface area contributed by atoms with Gasteiger partial charge in [-0.2, -0.15) is 0 Å². The number of fused-ring (bicyclic) bond motifs is 1. The van der Waals surface area contributed by atoms with E-state index in [-0.39, 0.29) is 53.9 Å². The molecule has 0 aromatic heterocycles. The molecule has 2 bridgehead atoms. The number of carbonyl (C=O) groups excluding carboxylic acids is 2. The number of rotatable bonds is 8. The lowest BCUT2D eigenvalue weighted by Crippen LogP contribution is -2.61. The second-order valence-corrected chi connectivity index (χ2v) is 12.8. The van der Waals surface area contributed by atoms with E-state index in [2.05, 4.69) is 13.8 Å². The summed E-state index contributed by atoms with van der Waals surface area (Å²) in [6.45, 7) is 9.25. The maximum absolute atomic E-state index is 14.0. The predicted molar refractivity (Wildman–Crippen MR) is 126 cm³/mol. The highest BCUT2D eigenvalue weighted by molar-refractivity contribution is 5.99. The molecule has 2 saturated heterocycles. The molecule has 7 heteroatoms. The SMILES string of the molecule is CC(CC[C@@H](O)C(C)(C)O)C1CCC([C@@H]2C(=O)C3(C)CCC4CC(=O)[C@@H]2C3(O)O4)C1(C)CCO. The van der Waals surface area contributed by atoms with Crippen LogP contribution in [0.3, 0.4) is 0 Å². The predicted octanol–water partition coefficient (Wildman–Crippen LogP) is 2.61. The van der Waals surface area contributed by atoms with Crippen LogP contribution in [0.5, 0.6) is 0 Å². The minimum atomic E-state index is -1.73. The van der Waals surface area contributed by atoms with Crippen molar-refractivity contribution >= 4 is 11.6 Å². The molecule has 4 fully saturated rings. The van der Waals surface area contributed by atoms with Crippen LogP contribution in [-0.4, -0.2) is 62.2 Å². The zero-order chi connectivity index (χ0) is 25.3. The molecule has 2 heterocycles. The van der Waals surface area contributed by atoms with Gasteiger partial charge in [-0.15, -0.1) is 0 Å². The molecule has 10 atom stereocenters. The summed E-state index contributed by atoms with van der Waals surface area (Å²) in [5, 5.41) is 42.1. The molecule has 0 radical (unpaired) electrons. The summed E-state index contributed by atoms with van der Waals surface area (Å²) in [5.41, 5.74) is -2.62. The zero-order valence-electron chi connectivity index (χ0n) is 21.4. The first-order valence-electron chi connectivity index (χ1n) is 13.2. The first kappa shape index (κ1) is 26.2. The molecule has 2 aliphatic heterocycles. The van der Waals surface area contributed by atoms with Gasteiger partial charge in [0, 0.05) is 18.9 Å². The van der Waals surface area contributed by atoms with Crippen molar-refractivity contribution < 1.29 is 34.8 Å². The van der Waals surface area contributed by atoms with Gasteiger partial charge in [0.25, 0.3) is 0 Å². The Hall–Kier alpha value is -0.860. The monoisotopic (exact) mass is 480 g/mol. The lowest BCUT2D eigenvalue weighted by atomic mass is 9.61. The quantitative estimate of drug-likeness (QED) is 0.421. The van der Waals surface area contributed by atoms with Crippen molar-refractivity contribution in [2.45, 2.75) is 110 Å². The van der Waals surface area contributed by atoms with Gasteiger partial charge in [0.2, 0.25) is 0 Å². The van der Waals surface area contributed by atoms with Gasteiger partial charge in [-0.25, -0.2) is 0 Å². The summed E-state index contributed by atoms with van der Waals surface area (Å²) in [6, 6.07) is 0. The lowest BCUT2D eigenvalue weighted by Gasteiger charge is -2.50. The number of ketones is 2. The average Bonchev–Trinajstić information content (AvgIpc) is 3.16. The smallest absolute Gasteiger partial charge is 0.188 e. The molecule has 4 rings (SSSR count). The van der Waals surface area contributed by atoms with Crippen molar-refractivity contribution in [2.24, 2.45) is 40.4 Å². The van der Waals surface area contributed by atoms with E-state index in [1.807, 2.05) is 0 Å². The van der Waals surface area contributed by atoms with E-state index >= 15 is 0 Å². The molecular formula is C27H44O7. The summed E-state index contributed by atoms with van der Waals surface area (Å²) in [7, 11) is 0. The van der Waals surface area contributed by atoms with E-state index in [0.717, 1.165) is 19.3 Å². The maximum atomic E-state index is 14.0. The summed E-state index contributed by atoms with van der Waals surface area (Å²) in [6.07, 6.45) is 3.59. The van der Waals surface area contributed by atoms with Crippen LogP contribution in [0, 0.1) is 40.4 Å². The molecule has 7 unspecified atom stereocenters. The van der Waals surface area contributed by atoms with E-state index in [0.29, 0.717) is 25.7 Å². The molecule has 4 N–H and O–H groups in total. The molecule has 0 spiro atoms. The van der Waals surface area contributed by atoms with Gasteiger partial charge in [-0.3, -0.25) is 9.59 Å². The van der Waals surface area contributed by atoms with E-state index in [1.54, 1.807) is 20.8 Å². The van der Waals surface area contributed by atoms with Crippen LogP contribution < -0.4 is 0 Å². The Kier molecular flexibility index (Phi) is 6.64. The van der Waals surface area contributed by atoms with Crippen molar-refractivity contribution in [1.82, 2.24) is 0 Å². The molecule has 34 heavy (non-hydrogen) atoms. The van der Waals surface area contributed by atoms with Gasteiger partial charge in [-0.05, 0) is 88.9 Å². The number of Topliss-reactive ketones (excluding diaryl/α,β-unsaturated/α-hetero) is 2. The maximum Gasteiger partial charge on any atom is 0.188 e. The van der Waals surface area contributed by atoms with Crippen LogP contribution in [0.1, 0.15) is 86.0 Å². The van der Waals surface area contributed by atoms with Gasteiger partial charge in [-0.1, -0.05) is 13.8 Å². The minimum absolute atomic E-state index is 0.0118. The van der Waals surface area contributed by atoms with E-state index < -0.39 is 34.7 Å². The highest BCUT2D eigenvalue weighted by Crippen LogP contribution is 2.66. The van der Waals surface area contributed by atoms with Crippen LogP contribution in [0.4, 0.5) is 0 Å². The summed E-state index contributed by atoms with van der Waals surface area (Å²) in [5.74, 6) is -2.99. The number of hydrogen-bond donors (Lipinski definition) is 4. The van der Waals surface area contributed by atoms with Crippen molar-refractivity contribution in [1.29, 1.82) is 0 Å². The van der Waals surface area contributed by atoms with Crippen molar-refractivity contribution in [2.75, 3.05) is 6.61 Å². The van der Waals surface area contributed by atoms with Gasteiger partial charge >= 0.3 is 0 Å². The minimum Gasteiger partial charge on any atom is -0.396 e. The van der Waals surface area contributed by atoms with Gasteiger partial charge in [0.05, 0.1) is 29.1 Å². The Morgan fingerprint density at radius 2 is 1.82 bits per heavy atom. The van der Waals surface area contributed by atoms with Gasteiger partial charge in [0.15, 0.2) is 5.79 Å². The summed E-state index contributed by atoms with van der Waals surface area (Å²) < 4.78 is 6.04. The largest absolute Gasteiger partial charge is 0.396 e. The summed E-state index contributed by atoms with van der Waals surface area (Å²) >= 11 is 0. The van der Waals surface area contributed by atoms with Crippen LogP contribution in [0.15, 0.2) is 0 Å². The molecule has 4 aliphatic rings. The highest BCUT2D eigenvalue weighted by Gasteiger charge is 2.75. The molecule has 2 saturated carbocycles. The number of aliphatic hydroxyl groups is 4. The first-order valence-corrected chi connectivity index (χ1v) is 13.2. The third kappa shape index (κ3) is 3.73. The Balaban J connectivity index is 1.63. The molecule has 194 valence electrons. The summed E-state index contributed by atoms with van der Waals surface area (Å²) in [4.78, 5) is 27.3. The molecule has 0 aromatic carbocycles. The van der Waals surface area contributed by atoms with E-state index in [1.165, 1.54) is 0 Å². The fraction of sp³-hybridized carbons (Fsp3) is 0.926. The second-order valence-electron chi connectivity index (χ2n) is 12.8. The molecule has 0 aromatic rings. The second kappa shape index (κ2) is 8.62. The number of carbonyl (C=O) groups is 2. The van der Waals surface area contributed by atoms with Crippen molar-refractivity contribution in [3.63, 3.8) is 0 Å². The highest BCUT2D eigenvalue weighted by atomic mass is 16.6. The normalized spacial score (nSPS) is 46.1. The topological polar surface area (TPSA) is 124 Å². The number of ether oxygens (including phenoxy) is 1. The van der Waals surface area contributed by atoms with Gasteiger partial charge < -0.3 is 25.2 Å². The lowest BCUT2D eigenvalue weighted by molar-refractivity contribution is -0.324. The first-order chi connectivity index (χ1) is 15.7. The molecule has 2 aliphatic carbocycles. The van der Waals surface area contributed by atoms with E-state index in [4.69, 9.17) is 4.74 Å². The Labute approximate surface area is 203 Å². The van der Waals surface area contributed by atoms with Crippen LogP contribution in [0.25, 0.3) is 0 Å². The van der Waals surface area contributed by atoms with Crippen molar-refractivity contribution in [3.8, 4) is 0 Å². The fourth-order valence-electron chi connectivity index (χ4n) is 8.28. The van der Waals surface area contributed by atoms with Gasteiger partial charge in [0.1, 0.15) is 11.6 Å². The third-order valence-corrected chi connectivity index (χ3v) is 10.5. The van der Waals surface area contributed by atoms with Crippen LogP contribution >= 0.6 is 0 Å². The van der Waals surface area contributed by atoms with Crippen LogP contribution in [-0.2, 0) is 14.3 Å². The molecular weight excluding hydrogens is 436 g/mol. The van der Waals surface area contributed by atoms with E-state index in [9.17, 15) is 30.0 Å². The number of aliphatic hydroxyl groups excluding tert-OH is 2. The van der Waals surface area contributed by atoms with Crippen LogP contribution in [0.2, 0.25) is 0 Å². The fourth-order valence-corrected chi connectivity index (χ4v) is 8.28. The third-order valence-electron chi connectivity index (χ3n) is 10.5. The average molecular weight is 481 g/mol. The number of hydrogen-bond acceptors (Lipinski definition) is 7. The Morgan fingerprint density at radius 3 is 2.44 bits per heavy atom. The standard InChI is InChI=1S/C27H44O7/c1-15(6-9-20(30)24(2,3)32)17-7-8-18(25(17,4)12-13-28)21-22-19(29)14-16-10-11-26(5,23(21)31)27(22,33)34-16/h15-18,20-22,28,30,32-33H,6-14H2,1-5H3/t15?,16?,17?,18?,20-,21+,22+,25?,26?,27?/m1/s1. The Bertz CT molecular complexity index is 820. The Morgan fingerprint density at radius 1 is 1.15 bits per heavy atom. The van der Waals surface area contributed by atoms with Crippen molar-refractivity contribution in [3.05, 3.63) is 0 Å². The molecule has 7 nitrogen and oxygen atoms in total. The molecule has 0 amide bonds. The zero-order valence-corrected chi connectivity index (χ0v) is 21.4.